The Morgan fingerprint density at radius 1 is 1.40 bits per heavy atom. The summed E-state index contributed by atoms with van der Waals surface area (Å²) in [5.74, 6) is 0.0384. The van der Waals surface area contributed by atoms with Gasteiger partial charge in [-0.25, -0.2) is 0 Å². The molecule has 1 amide bonds. The third-order valence-corrected chi connectivity index (χ3v) is 2.90. The molecule has 4 N–H and O–H groups in total. The monoisotopic (exact) mass is 216 g/mol. The molecule has 15 heavy (non-hydrogen) atoms. The number of aliphatic hydroxyl groups is 1. The number of rotatable bonds is 8. The normalized spacial score (nSPS) is 14.7. The zero-order chi connectivity index (χ0) is 11.7. The lowest BCUT2D eigenvalue weighted by Crippen LogP contribution is -2.43. The van der Waals surface area contributed by atoms with Crippen LogP contribution in [0.3, 0.4) is 0 Å². The Morgan fingerprint density at radius 2 is 2.07 bits per heavy atom. The summed E-state index contributed by atoms with van der Waals surface area (Å²) in [4.78, 5) is 11.7. The van der Waals surface area contributed by atoms with Crippen LogP contribution in [-0.4, -0.2) is 30.7 Å². The number of carbonyl (C=O) groups is 1. The first-order valence-electron chi connectivity index (χ1n) is 5.70. The first-order valence-corrected chi connectivity index (χ1v) is 5.70. The Balaban J connectivity index is 3.73. The molecule has 0 saturated heterocycles. The van der Waals surface area contributed by atoms with Crippen LogP contribution in [0, 0.1) is 5.41 Å². The molecule has 90 valence electrons. The second-order valence-electron chi connectivity index (χ2n) is 4.16. The number of hydrogen-bond acceptors (Lipinski definition) is 3. The molecule has 0 heterocycles. The predicted molar refractivity (Wildman–Crippen MR) is 61.4 cm³/mol. The van der Waals surface area contributed by atoms with Crippen LogP contribution in [0.15, 0.2) is 0 Å². The van der Waals surface area contributed by atoms with Crippen LogP contribution in [0.5, 0.6) is 0 Å². The Hall–Kier alpha value is -0.610. The van der Waals surface area contributed by atoms with E-state index in [1.54, 1.807) is 0 Å². The highest BCUT2D eigenvalue weighted by molar-refractivity contribution is 5.82. The Kier molecular flexibility index (Phi) is 7.34. The van der Waals surface area contributed by atoms with E-state index in [1.165, 1.54) is 0 Å². The number of nitrogens with one attached hydrogen (secondary N) is 1. The number of aliphatic hydroxyl groups excluding tert-OH is 1. The molecule has 0 bridgehead atoms. The second kappa shape index (κ2) is 7.65. The van der Waals surface area contributed by atoms with Crippen LogP contribution in [0.25, 0.3) is 0 Å². The molecule has 0 aromatic heterocycles. The van der Waals surface area contributed by atoms with Gasteiger partial charge in [0.25, 0.3) is 0 Å². The van der Waals surface area contributed by atoms with Crippen molar-refractivity contribution in [3.05, 3.63) is 0 Å². The van der Waals surface area contributed by atoms with Gasteiger partial charge in [-0.15, -0.1) is 0 Å². The van der Waals surface area contributed by atoms with Crippen molar-refractivity contribution >= 4 is 5.91 Å². The van der Waals surface area contributed by atoms with Crippen molar-refractivity contribution in [3.8, 4) is 0 Å². The summed E-state index contributed by atoms with van der Waals surface area (Å²) >= 11 is 0. The lowest BCUT2D eigenvalue weighted by molar-refractivity contribution is -0.129. The molecule has 4 nitrogen and oxygen atoms in total. The molecule has 0 fully saturated rings. The van der Waals surface area contributed by atoms with E-state index in [0.717, 1.165) is 25.7 Å². The van der Waals surface area contributed by atoms with Gasteiger partial charge in [0.1, 0.15) is 0 Å². The van der Waals surface area contributed by atoms with Crippen LogP contribution < -0.4 is 11.1 Å². The van der Waals surface area contributed by atoms with E-state index in [0.29, 0.717) is 13.1 Å². The highest BCUT2D eigenvalue weighted by Gasteiger charge is 2.28. The molecule has 0 spiro atoms. The van der Waals surface area contributed by atoms with Crippen molar-refractivity contribution in [2.75, 3.05) is 19.7 Å². The van der Waals surface area contributed by atoms with Gasteiger partial charge in [-0.3, -0.25) is 4.79 Å². The third-order valence-electron chi connectivity index (χ3n) is 2.90. The molecule has 1 unspecified atom stereocenters. The summed E-state index contributed by atoms with van der Waals surface area (Å²) in [6.07, 6.45) is 3.42. The van der Waals surface area contributed by atoms with Crippen molar-refractivity contribution in [2.24, 2.45) is 11.1 Å². The summed E-state index contributed by atoms with van der Waals surface area (Å²) in [7, 11) is 0. The highest BCUT2D eigenvalue weighted by Crippen LogP contribution is 2.18. The molecular formula is C11H24N2O2. The molecule has 1 atom stereocenters. The summed E-state index contributed by atoms with van der Waals surface area (Å²) in [5, 5.41) is 11.5. The lowest BCUT2D eigenvalue weighted by Gasteiger charge is -2.24. The summed E-state index contributed by atoms with van der Waals surface area (Å²) in [6, 6.07) is 0. The number of amides is 1. The Bertz CT molecular complexity index is 179. The number of hydrogen-bond donors (Lipinski definition) is 3. The predicted octanol–water partition coefficient (Wildman–Crippen LogP) is 0.640. The highest BCUT2D eigenvalue weighted by atomic mass is 16.2. The average Bonchev–Trinajstić information content (AvgIpc) is 2.27. The fraction of sp³-hybridized carbons (Fsp3) is 0.909. The maximum atomic E-state index is 11.7. The fourth-order valence-corrected chi connectivity index (χ4v) is 1.23. The fourth-order valence-electron chi connectivity index (χ4n) is 1.23. The van der Waals surface area contributed by atoms with E-state index in [4.69, 9.17) is 10.8 Å². The van der Waals surface area contributed by atoms with Crippen LogP contribution >= 0.6 is 0 Å². The first kappa shape index (κ1) is 14.4. The van der Waals surface area contributed by atoms with Gasteiger partial charge in [-0.1, -0.05) is 6.92 Å². The van der Waals surface area contributed by atoms with E-state index < -0.39 is 5.41 Å². The lowest BCUT2D eigenvalue weighted by atomic mass is 9.86. The van der Waals surface area contributed by atoms with Crippen LogP contribution in [0.2, 0.25) is 0 Å². The van der Waals surface area contributed by atoms with Gasteiger partial charge in [0.2, 0.25) is 5.91 Å². The van der Waals surface area contributed by atoms with Crippen molar-refractivity contribution in [2.45, 2.75) is 39.5 Å². The molecular weight excluding hydrogens is 192 g/mol. The number of carbonyl (C=O) groups excluding carboxylic acids is 1. The Morgan fingerprint density at radius 3 is 2.53 bits per heavy atom. The molecule has 0 rings (SSSR count). The maximum absolute atomic E-state index is 11.7. The number of unbranched alkanes of at least 4 members (excludes halogenated alkanes) is 2. The van der Waals surface area contributed by atoms with E-state index in [2.05, 4.69) is 5.32 Å². The van der Waals surface area contributed by atoms with Gasteiger partial charge in [0.05, 0.1) is 5.41 Å². The van der Waals surface area contributed by atoms with Gasteiger partial charge >= 0.3 is 0 Å². The van der Waals surface area contributed by atoms with Crippen LogP contribution in [-0.2, 0) is 4.79 Å². The summed E-state index contributed by atoms with van der Waals surface area (Å²) in [6.45, 7) is 5.14. The molecule has 0 aliphatic rings. The van der Waals surface area contributed by atoms with Gasteiger partial charge in [0.15, 0.2) is 0 Å². The molecule has 0 aliphatic heterocycles. The van der Waals surface area contributed by atoms with Gasteiger partial charge in [0, 0.05) is 19.7 Å². The molecule has 0 radical (unpaired) electrons. The third kappa shape index (κ3) is 5.14. The van der Waals surface area contributed by atoms with Crippen LogP contribution in [0.4, 0.5) is 0 Å². The van der Waals surface area contributed by atoms with Gasteiger partial charge in [-0.05, 0) is 32.6 Å². The maximum Gasteiger partial charge on any atom is 0.227 e. The topological polar surface area (TPSA) is 75.4 Å². The zero-order valence-corrected chi connectivity index (χ0v) is 9.88. The molecule has 4 heteroatoms. The standard InChI is InChI=1S/C11H24N2O2/c1-3-11(2,9-12)10(15)13-7-5-4-6-8-14/h14H,3-9,12H2,1-2H3,(H,13,15). The molecule has 0 aromatic rings. The summed E-state index contributed by atoms with van der Waals surface area (Å²) in [5.41, 5.74) is 5.14. The van der Waals surface area contributed by atoms with E-state index in [-0.39, 0.29) is 12.5 Å². The van der Waals surface area contributed by atoms with Crippen molar-refractivity contribution in [3.63, 3.8) is 0 Å². The minimum atomic E-state index is -0.434. The molecule has 0 aliphatic carbocycles. The van der Waals surface area contributed by atoms with Crippen LogP contribution in [0.1, 0.15) is 39.5 Å². The van der Waals surface area contributed by atoms with Gasteiger partial charge < -0.3 is 16.2 Å². The van der Waals surface area contributed by atoms with Crippen molar-refractivity contribution in [1.82, 2.24) is 5.32 Å². The summed E-state index contributed by atoms with van der Waals surface area (Å²) < 4.78 is 0. The van der Waals surface area contributed by atoms with Gasteiger partial charge in [-0.2, -0.15) is 0 Å². The molecule has 0 aromatic carbocycles. The second-order valence-corrected chi connectivity index (χ2v) is 4.16. The van der Waals surface area contributed by atoms with E-state index in [1.807, 2.05) is 13.8 Å². The Labute approximate surface area is 92.2 Å². The SMILES string of the molecule is CCC(C)(CN)C(=O)NCCCCCO. The quantitative estimate of drug-likeness (QED) is 0.521. The van der Waals surface area contributed by atoms with E-state index >= 15 is 0 Å². The zero-order valence-electron chi connectivity index (χ0n) is 9.88. The smallest absolute Gasteiger partial charge is 0.227 e. The largest absolute Gasteiger partial charge is 0.396 e. The minimum absolute atomic E-state index is 0.0384. The average molecular weight is 216 g/mol. The van der Waals surface area contributed by atoms with E-state index in [9.17, 15) is 4.79 Å². The first-order chi connectivity index (χ1) is 7.10. The minimum Gasteiger partial charge on any atom is -0.396 e. The van der Waals surface area contributed by atoms with Crippen molar-refractivity contribution < 1.29 is 9.90 Å². The number of nitrogens with two attached hydrogens (primary N) is 1. The van der Waals surface area contributed by atoms with Crippen molar-refractivity contribution in [1.29, 1.82) is 0 Å². The molecule has 0 saturated carbocycles.